The Kier molecular flexibility index (Phi) is 7.00. The Morgan fingerprint density at radius 1 is 0.889 bits per heavy atom. The van der Waals surface area contributed by atoms with Crippen molar-refractivity contribution in [2.24, 2.45) is 16.3 Å². The van der Waals surface area contributed by atoms with Gasteiger partial charge in [-0.2, -0.15) is 0 Å². The largest absolute Gasteiger partial charge is 0.507 e. The second kappa shape index (κ2) is 9.26. The van der Waals surface area contributed by atoms with Crippen molar-refractivity contribution in [3.8, 4) is 5.75 Å². The van der Waals surface area contributed by atoms with Crippen molar-refractivity contribution in [3.05, 3.63) is 29.3 Å². The summed E-state index contributed by atoms with van der Waals surface area (Å²) < 4.78 is 0. The van der Waals surface area contributed by atoms with Crippen molar-refractivity contribution in [1.82, 2.24) is 0 Å². The van der Waals surface area contributed by atoms with Gasteiger partial charge in [0, 0.05) is 17.8 Å². The van der Waals surface area contributed by atoms with Crippen LogP contribution in [0.2, 0.25) is 0 Å². The molecule has 1 aromatic carbocycles. The number of aromatic hydroxyl groups is 1. The SMILES string of the molecule is CC(C)(C)C1CCC(N=Cc2cccc(C3CCCCCCC3)c2O)CC1. The fourth-order valence-corrected chi connectivity index (χ4v) is 5.06. The van der Waals surface area contributed by atoms with Gasteiger partial charge < -0.3 is 5.11 Å². The first kappa shape index (κ1) is 20.4. The van der Waals surface area contributed by atoms with Crippen molar-refractivity contribution in [2.45, 2.75) is 103 Å². The Bertz CT molecular complexity index is 612. The molecule has 0 spiro atoms. The van der Waals surface area contributed by atoms with Crippen molar-refractivity contribution in [1.29, 1.82) is 0 Å². The van der Waals surface area contributed by atoms with Crippen LogP contribution in [0.4, 0.5) is 0 Å². The molecule has 1 N–H and O–H groups in total. The Labute approximate surface area is 166 Å². The number of rotatable bonds is 3. The molecule has 0 aliphatic heterocycles. The van der Waals surface area contributed by atoms with Gasteiger partial charge in [-0.05, 0) is 67.4 Å². The number of para-hydroxylation sites is 1. The van der Waals surface area contributed by atoms with Gasteiger partial charge in [0.1, 0.15) is 5.75 Å². The lowest BCUT2D eigenvalue weighted by atomic mass is 9.71. The maximum Gasteiger partial charge on any atom is 0.127 e. The van der Waals surface area contributed by atoms with E-state index >= 15 is 0 Å². The Morgan fingerprint density at radius 2 is 1.52 bits per heavy atom. The van der Waals surface area contributed by atoms with Crippen molar-refractivity contribution >= 4 is 6.21 Å². The maximum atomic E-state index is 10.9. The van der Waals surface area contributed by atoms with Crippen LogP contribution in [0.5, 0.6) is 5.75 Å². The summed E-state index contributed by atoms with van der Waals surface area (Å²) in [6.07, 6.45) is 15.9. The third kappa shape index (κ3) is 5.59. The third-order valence-electron chi connectivity index (χ3n) is 6.99. The van der Waals surface area contributed by atoms with Crippen LogP contribution in [0, 0.1) is 11.3 Å². The Morgan fingerprint density at radius 3 is 2.15 bits per heavy atom. The molecular weight excluding hydrogens is 330 g/mol. The lowest BCUT2D eigenvalue weighted by Gasteiger charge is -2.35. The summed E-state index contributed by atoms with van der Waals surface area (Å²) in [7, 11) is 0. The van der Waals surface area contributed by atoms with E-state index in [2.05, 4.69) is 32.9 Å². The van der Waals surface area contributed by atoms with Gasteiger partial charge in [0.05, 0.1) is 0 Å². The molecule has 0 bridgehead atoms. The number of hydrogen-bond acceptors (Lipinski definition) is 2. The molecule has 1 aromatic rings. The molecule has 0 unspecified atom stereocenters. The van der Waals surface area contributed by atoms with E-state index in [0.29, 0.717) is 23.1 Å². The molecule has 2 fully saturated rings. The van der Waals surface area contributed by atoms with Crippen molar-refractivity contribution in [3.63, 3.8) is 0 Å². The summed E-state index contributed by atoms with van der Waals surface area (Å²) in [5.41, 5.74) is 2.48. The van der Waals surface area contributed by atoms with E-state index in [1.165, 1.54) is 70.6 Å². The number of aliphatic imine (C=N–C) groups is 1. The van der Waals surface area contributed by atoms with Gasteiger partial charge in [-0.3, -0.25) is 4.99 Å². The molecule has 0 atom stereocenters. The van der Waals surface area contributed by atoms with Crippen molar-refractivity contribution < 1.29 is 5.11 Å². The topological polar surface area (TPSA) is 32.6 Å². The van der Waals surface area contributed by atoms with Gasteiger partial charge in [-0.1, -0.05) is 65.0 Å². The summed E-state index contributed by atoms with van der Waals surface area (Å²) >= 11 is 0. The molecule has 2 saturated carbocycles. The minimum Gasteiger partial charge on any atom is -0.507 e. The summed E-state index contributed by atoms with van der Waals surface area (Å²) in [5.74, 6) is 1.82. The van der Waals surface area contributed by atoms with Gasteiger partial charge in [0.15, 0.2) is 0 Å². The second-order valence-electron chi connectivity index (χ2n) is 9.98. The van der Waals surface area contributed by atoms with Crippen LogP contribution in [0.25, 0.3) is 0 Å². The second-order valence-corrected chi connectivity index (χ2v) is 9.98. The number of nitrogens with zero attached hydrogens (tertiary/aromatic N) is 1. The maximum absolute atomic E-state index is 10.9. The van der Waals surface area contributed by atoms with Gasteiger partial charge in [-0.15, -0.1) is 0 Å². The summed E-state index contributed by atoms with van der Waals surface area (Å²) in [4.78, 5) is 4.87. The summed E-state index contributed by atoms with van der Waals surface area (Å²) in [5, 5.41) is 10.9. The molecule has 0 heterocycles. The quantitative estimate of drug-likeness (QED) is 0.559. The van der Waals surface area contributed by atoms with E-state index in [4.69, 9.17) is 4.99 Å². The van der Waals surface area contributed by atoms with Gasteiger partial charge in [0.2, 0.25) is 0 Å². The van der Waals surface area contributed by atoms with Crippen LogP contribution < -0.4 is 0 Å². The van der Waals surface area contributed by atoms with Crippen LogP contribution in [-0.2, 0) is 0 Å². The van der Waals surface area contributed by atoms with Gasteiger partial charge >= 0.3 is 0 Å². The molecule has 27 heavy (non-hydrogen) atoms. The first-order valence-corrected chi connectivity index (χ1v) is 11.3. The van der Waals surface area contributed by atoms with Crippen LogP contribution >= 0.6 is 0 Å². The molecule has 0 radical (unpaired) electrons. The number of hydrogen-bond donors (Lipinski definition) is 1. The van der Waals surface area contributed by atoms with Gasteiger partial charge in [0.25, 0.3) is 0 Å². The zero-order valence-corrected chi connectivity index (χ0v) is 17.7. The number of benzene rings is 1. The monoisotopic (exact) mass is 369 g/mol. The smallest absolute Gasteiger partial charge is 0.127 e. The van der Waals surface area contributed by atoms with Crippen LogP contribution in [0.1, 0.15) is 108 Å². The van der Waals surface area contributed by atoms with Crippen molar-refractivity contribution in [2.75, 3.05) is 0 Å². The predicted molar refractivity (Wildman–Crippen MR) is 116 cm³/mol. The minimum atomic E-state index is 0.416. The standard InChI is InChI=1S/C25H39NO/c1-25(2,3)21-14-16-22(17-15-21)26-18-20-12-9-13-23(24(20)27)19-10-7-5-4-6-8-11-19/h9,12-13,18-19,21-22,27H,4-8,10-11,14-17H2,1-3H3. The van der Waals surface area contributed by atoms with E-state index < -0.39 is 0 Å². The lowest BCUT2D eigenvalue weighted by Crippen LogP contribution is -2.27. The first-order valence-electron chi connectivity index (χ1n) is 11.3. The summed E-state index contributed by atoms with van der Waals surface area (Å²) in [6.45, 7) is 7.08. The molecule has 2 aliphatic rings. The molecule has 2 aliphatic carbocycles. The molecule has 2 heteroatoms. The highest BCUT2D eigenvalue weighted by Gasteiger charge is 2.29. The Balaban J connectivity index is 1.64. The molecule has 0 amide bonds. The van der Waals surface area contributed by atoms with E-state index in [0.717, 1.165) is 17.0 Å². The first-order chi connectivity index (χ1) is 12.9. The average molecular weight is 370 g/mol. The van der Waals surface area contributed by atoms with Crippen LogP contribution in [-0.4, -0.2) is 17.4 Å². The van der Waals surface area contributed by atoms with E-state index in [-0.39, 0.29) is 0 Å². The van der Waals surface area contributed by atoms with E-state index in [1.807, 2.05) is 12.3 Å². The van der Waals surface area contributed by atoms with E-state index in [9.17, 15) is 5.11 Å². The zero-order valence-electron chi connectivity index (χ0n) is 17.7. The fourth-order valence-electron chi connectivity index (χ4n) is 5.06. The highest BCUT2D eigenvalue weighted by atomic mass is 16.3. The van der Waals surface area contributed by atoms with Crippen LogP contribution in [0.3, 0.4) is 0 Å². The lowest BCUT2D eigenvalue weighted by molar-refractivity contribution is 0.170. The fraction of sp³-hybridized carbons (Fsp3) is 0.720. The highest BCUT2D eigenvalue weighted by Crippen LogP contribution is 2.39. The van der Waals surface area contributed by atoms with Gasteiger partial charge in [-0.25, -0.2) is 0 Å². The normalized spacial score (nSPS) is 26.0. The number of phenolic OH excluding ortho intramolecular Hbond substituents is 1. The molecule has 3 rings (SSSR count). The molecule has 0 saturated heterocycles. The molecule has 0 aromatic heterocycles. The zero-order chi connectivity index (χ0) is 19.3. The third-order valence-corrected chi connectivity index (χ3v) is 6.99. The molecule has 150 valence electrons. The van der Waals surface area contributed by atoms with Crippen LogP contribution in [0.15, 0.2) is 23.2 Å². The highest BCUT2D eigenvalue weighted by molar-refractivity contribution is 5.84. The molecule has 2 nitrogen and oxygen atoms in total. The number of phenols is 1. The summed E-state index contributed by atoms with van der Waals surface area (Å²) in [6, 6.07) is 6.68. The predicted octanol–water partition coefficient (Wildman–Crippen LogP) is 7.24. The average Bonchev–Trinajstić information content (AvgIpc) is 2.61. The van der Waals surface area contributed by atoms with E-state index in [1.54, 1.807) is 0 Å². The molecular formula is C25H39NO. The minimum absolute atomic E-state index is 0.416. The Hall–Kier alpha value is -1.31.